The molecular formula is C16H21ClN4O. The van der Waals surface area contributed by atoms with Crippen molar-refractivity contribution in [2.24, 2.45) is 5.92 Å². The second-order valence-corrected chi connectivity index (χ2v) is 5.97. The molecule has 0 radical (unpaired) electrons. The molecule has 3 rings (SSSR count). The fourth-order valence-corrected chi connectivity index (χ4v) is 3.07. The highest BCUT2D eigenvalue weighted by molar-refractivity contribution is 6.33. The predicted molar refractivity (Wildman–Crippen MR) is 87.1 cm³/mol. The lowest BCUT2D eigenvalue weighted by Gasteiger charge is -2.31. The summed E-state index contributed by atoms with van der Waals surface area (Å²) in [5, 5.41) is 8.44. The van der Waals surface area contributed by atoms with E-state index in [0.29, 0.717) is 10.9 Å². The third kappa shape index (κ3) is 3.42. The minimum Gasteiger partial charge on any atom is -0.383 e. The lowest BCUT2D eigenvalue weighted by Crippen LogP contribution is -2.28. The van der Waals surface area contributed by atoms with Crippen LogP contribution >= 0.6 is 11.6 Å². The van der Waals surface area contributed by atoms with E-state index in [1.807, 2.05) is 16.9 Å². The van der Waals surface area contributed by atoms with Gasteiger partial charge in [0.2, 0.25) is 0 Å². The van der Waals surface area contributed by atoms with Crippen LogP contribution in [-0.2, 0) is 11.3 Å². The number of halogens is 1. The van der Waals surface area contributed by atoms with Crippen LogP contribution in [0.4, 0.5) is 5.69 Å². The van der Waals surface area contributed by atoms with Gasteiger partial charge in [0.05, 0.1) is 23.0 Å². The first kappa shape index (κ1) is 15.3. The molecule has 2 aromatic rings. The van der Waals surface area contributed by atoms with E-state index in [1.54, 1.807) is 12.4 Å². The van der Waals surface area contributed by atoms with Crippen LogP contribution in [0.3, 0.4) is 0 Å². The van der Waals surface area contributed by atoms with Crippen LogP contribution in [-0.4, -0.2) is 27.9 Å². The zero-order valence-corrected chi connectivity index (χ0v) is 13.5. The van der Waals surface area contributed by atoms with Gasteiger partial charge in [-0.2, -0.15) is 5.10 Å². The number of rotatable bonds is 5. The molecule has 3 heterocycles. The van der Waals surface area contributed by atoms with Crippen LogP contribution < -0.4 is 5.32 Å². The minimum absolute atomic E-state index is 0.0992. The first-order valence-electron chi connectivity index (χ1n) is 7.75. The summed E-state index contributed by atoms with van der Waals surface area (Å²) < 4.78 is 7.96. The van der Waals surface area contributed by atoms with Crippen molar-refractivity contribution < 1.29 is 4.74 Å². The predicted octanol–water partition coefficient (Wildman–Crippen LogP) is 3.53. The Morgan fingerprint density at radius 1 is 1.45 bits per heavy atom. The highest BCUT2D eigenvalue weighted by atomic mass is 35.5. The van der Waals surface area contributed by atoms with E-state index in [9.17, 15) is 0 Å². The van der Waals surface area contributed by atoms with Gasteiger partial charge < -0.3 is 10.1 Å². The van der Waals surface area contributed by atoms with Crippen molar-refractivity contribution in [1.29, 1.82) is 0 Å². The normalized spacial score (nSPS) is 21.7. The molecule has 1 saturated heterocycles. The van der Waals surface area contributed by atoms with Crippen molar-refractivity contribution in [3.8, 4) is 0 Å². The Labute approximate surface area is 135 Å². The second-order valence-electron chi connectivity index (χ2n) is 5.56. The zero-order chi connectivity index (χ0) is 15.4. The topological polar surface area (TPSA) is 52.0 Å². The average Bonchev–Trinajstić information content (AvgIpc) is 3.03. The molecule has 2 aromatic heterocycles. The van der Waals surface area contributed by atoms with Crippen LogP contribution in [0.2, 0.25) is 5.02 Å². The quantitative estimate of drug-likeness (QED) is 0.915. The monoisotopic (exact) mass is 320 g/mol. The summed E-state index contributed by atoms with van der Waals surface area (Å²) in [6.07, 6.45) is 9.74. The van der Waals surface area contributed by atoms with Gasteiger partial charge in [-0.3, -0.25) is 9.67 Å². The summed E-state index contributed by atoms with van der Waals surface area (Å²) in [6.45, 7) is 4.60. The highest BCUT2D eigenvalue weighted by Gasteiger charge is 2.28. The molecule has 6 heteroatoms. The molecule has 0 unspecified atom stereocenters. The van der Waals surface area contributed by atoms with Crippen molar-refractivity contribution in [2.75, 3.05) is 18.5 Å². The Bertz CT molecular complexity index is 616. The summed E-state index contributed by atoms with van der Waals surface area (Å²) in [4.78, 5) is 4.01. The molecule has 0 aliphatic carbocycles. The van der Waals surface area contributed by atoms with E-state index in [2.05, 4.69) is 28.5 Å². The number of ether oxygens (including phenoxy) is 1. The first-order chi connectivity index (χ1) is 10.8. The van der Waals surface area contributed by atoms with Gasteiger partial charge in [0.25, 0.3) is 0 Å². The Morgan fingerprint density at radius 3 is 3.14 bits per heavy atom. The molecular weight excluding hydrogens is 300 g/mol. The molecule has 2 atom stereocenters. The molecule has 1 aliphatic heterocycles. The highest BCUT2D eigenvalue weighted by Crippen LogP contribution is 2.34. The third-order valence-electron chi connectivity index (χ3n) is 4.08. The van der Waals surface area contributed by atoms with Gasteiger partial charge in [-0.15, -0.1) is 0 Å². The van der Waals surface area contributed by atoms with Crippen LogP contribution in [0.25, 0.3) is 0 Å². The number of hydrogen-bond acceptors (Lipinski definition) is 4. The molecule has 0 saturated carbocycles. The summed E-state index contributed by atoms with van der Waals surface area (Å²) in [7, 11) is 0. The fourth-order valence-electron chi connectivity index (χ4n) is 2.88. The van der Waals surface area contributed by atoms with Crippen LogP contribution in [0.5, 0.6) is 0 Å². The molecule has 118 valence electrons. The van der Waals surface area contributed by atoms with Crippen molar-refractivity contribution in [2.45, 2.75) is 32.4 Å². The molecule has 0 amide bonds. The van der Waals surface area contributed by atoms with Gasteiger partial charge in [-0.05, 0) is 25.8 Å². The van der Waals surface area contributed by atoms with Gasteiger partial charge in [-0.1, -0.05) is 11.6 Å². The van der Waals surface area contributed by atoms with Crippen molar-refractivity contribution in [1.82, 2.24) is 14.8 Å². The molecule has 1 aliphatic rings. The Kier molecular flexibility index (Phi) is 4.95. The molecule has 22 heavy (non-hydrogen) atoms. The second kappa shape index (κ2) is 7.11. The van der Waals surface area contributed by atoms with Crippen molar-refractivity contribution in [3.63, 3.8) is 0 Å². The van der Waals surface area contributed by atoms with Gasteiger partial charge in [0.1, 0.15) is 0 Å². The summed E-state index contributed by atoms with van der Waals surface area (Å²) in [5.41, 5.74) is 2.08. The van der Waals surface area contributed by atoms with Crippen molar-refractivity contribution >= 4 is 17.3 Å². The summed E-state index contributed by atoms with van der Waals surface area (Å²) in [5.74, 6) is 0.410. The lowest BCUT2D eigenvalue weighted by molar-refractivity contribution is -0.0238. The van der Waals surface area contributed by atoms with Crippen LogP contribution in [0.1, 0.15) is 31.4 Å². The molecule has 1 fully saturated rings. The molecule has 5 nitrogen and oxygen atoms in total. The maximum Gasteiger partial charge on any atom is 0.0900 e. The SMILES string of the molecule is CCn1cc([C@@H]2OCCC[C@H]2CNc2ccncc2Cl)cn1. The van der Waals surface area contributed by atoms with Gasteiger partial charge in [0, 0.05) is 49.8 Å². The maximum atomic E-state index is 6.15. The number of aryl methyl sites for hydroxylation is 1. The maximum absolute atomic E-state index is 6.15. The Balaban J connectivity index is 1.68. The van der Waals surface area contributed by atoms with E-state index < -0.39 is 0 Å². The van der Waals surface area contributed by atoms with Crippen LogP contribution in [0, 0.1) is 5.92 Å². The van der Waals surface area contributed by atoms with E-state index in [-0.39, 0.29) is 6.10 Å². The van der Waals surface area contributed by atoms with E-state index in [1.165, 1.54) is 0 Å². The van der Waals surface area contributed by atoms with E-state index in [0.717, 1.165) is 43.8 Å². The van der Waals surface area contributed by atoms with E-state index >= 15 is 0 Å². The number of anilines is 1. The van der Waals surface area contributed by atoms with Crippen molar-refractivity contribution in [3.05, 3.63) is 41.4 Å². The summed E-state index contributed by atoms with van der Waals surface area (Å²) >= 11 is 6.15. The molecule has 0 bridgehead atoms. The number of hydrogen-bond donors (Lipinski definition) is 1. The Hall–Kier alpha value is -1.59. The lowest BCUT2D eigenvalue weighted by atomic mass is 9.91. The third-order valence-corrected chi connectivity index (χ3v) is 4.38. The average molecular weight is 321 g/mol. The Morgan fingerprint density at radius 2 is 2.36 bits per heavy atom. The zero-order valence-electron chi connectivity index (χ0n) is 12.7. The minimum atomic E-state index is 0.0992. The smallest absolute Gasteiger partial charge is 0.0900 e. The van der Waals surface area contributed by atoms with Gasteiger partial charge in [-0.25, -0.2) is 0 Å². The number of nitrogens with one attached hydrogen (secondary N) is 1. The van der Waals surface area contributed by atoms with E-state index in [4.69, 9.17) is 16.3 Å². The summed E-state index contributed by atoms with van der Waals surface area (Å²) in [6, 6.07) is 1.90. The van der Waals surface area contributed by atoms with Crippen LogP contribution in [0.15, 0.2) is 30.9 Å². The van der Waals surface area contributed by atoms with Gasteiger partial charge >= 0.3 is 0 Å². The molecule has 1 N–H and O–H groups in total. The first-order valence-corrected chi connectivity index (χ1v) is 8.13. The molecule has 0 spiro atoms. The number of pyridine rings is 1. The molecule has 0 aromatic carbocycles. The number of nitrogens with zero attached hydrogens (tertiary/aromatic N) is 3. The standard InChI is InChI=1S/C16H21ClN4O/c1-2-21-11-13(9-20-21)16-12(4-3-7-22-16)8-19-15-5-6-18-10-14(15)17/h5-6,9-12,16H,2-4,7-8H2,1H3,(H,18,19)/t12-,16+/m0/s1. The van der Waals surface area contributed by atoms with Gasteiger partial charge in [0.15, 0.2) is 0 Å². The fraction of sp³-hybridized carbons (Fsp3) is 0.500. The number of aromatic nitrogens is 3. The largest absolute Gasteiger partial charge is 0.383 e.